The van der Waals surface area contributed by atoms with Crippen LogP contribution in [0.25, 0.3) is 0 Å². The third-order valence-electron chi connectivity index (χ3n) is 3.08. The zero-order valence-electron chi connectivity index (χ0n) is 12.1. The van der Waals surface area contributed by atoms with Gasteiger partial charge in [0, 0.05) is 25.2 Å². The molecule has 0 fully saturated rings. The van der Waals surface area contributed by atoms with Crippen molar-refractivity contribution in [3.8, 4) is 0 Å². The Balaban J connectivity index is 2.86. The lowest BCUT2D eigenvalue weighted by Crippen LogP contribution is -2.33. The first-order chi connectivity index (χ1) is 9.60. The van der Waals surface area contributed by atoms with Gasteiger partial charge in [0.2, 0.25) is 0 Å². The normalized spacial score (nSPS) is 10.3. The van der Waals surface area contributed by atoms with E-state index in [-0.39, 0.29) is 17.2 Å². The molecule has 0 spiro atoms. The molecule has 0 saturated heterocycles. The summed E-state index contributed by atoms with van der Waals surface area (Å²) < 4.78 is 0. The van der Waals surface area contributed by atoms with E-state index in [0.29, 0.717) is 13.1 Å². The number of rotatable bonds is 8. The number of nitro groups is 1. The van der Waals surface area contributed by atoms with E-state index in [4.69, 9.17) is 0 Å². The van der Waals surface area contributed by atoms with Crippen LogP contribution in [0.1, 0.15) is 49.9 Å². The van der Waals surface area contributed by atoms with E-state index in [9.17, 15) is 14.9 Å². The molecular formula is C15H21N2O3. The molecule has 0 aliphatic rings. The van der Waals surface area contributed by atoms with E-state index in [2.05, 4.69) is 19.9 Å². The number of benzene rings is 1. The summed E-state index contributed by atoms with van der Waals surface area (Å²) in [5, 5.41) is 10.8. The largest absolute Gasteiger partial charge is 0.339 e. The third-order valence-corrected chi connectivity index (χ3v) is 3.08. The van der Waals surface area contributed by atoms with Gasteiger partial charge in [-0.1, -0.05) is 26.7 Å². The number of unbranched alkanes of at least 4 members (excludes halogenated alkanes) is 2. The molecule has 1 radical (unpaired) electrons. The average Bonchev–Trinajstić information content (AvgIpc) is 2.47. The van der Waals surface area contributed by atoms with Crippen molar-refractivity contribution in [3.63, 3.8) is 0 Å². The Morgan fingerprint density at radius 1 is 1.30 bits per heavy atom. The van der Waals surface area contributed by atoms with E-state index >= 15 is 0 Å². The number of nitro benzene ring substituents is 1. The Bertz CT molecular complexity index is 452. The Morgan fingerprint density at radius 3 is 2.40 bits per heavy atom. The van der Waals surface area contributed by atoms with Gasteiger partial charge in [-0.15, -0.1) is 0 Å². The first kappa shape index (κ1) is 16.1. The van der Waals surface area contributed by atoms with Crippen molar-refractivity contribution in [2.75, 3.05) is 13.1 Å². The van der Waals surface area contributed by atoms with E-state index in [1.54, 1.807) is 4.90 Å². The average molecular weight is 277 g/mol. The molecule has 0 heterocycles. The SMILES string of the molecule is CCCCN(CCCC)C(=O)c1[c]ccc([N+](=O)[O-])c1. The molecule has 1 amide bonds. The fraction of sp³-hybridized carbons (Fsp3) is 0.533. The van der Waals surface area contributed by atoms with E-state index in [1.165, 1.54) is 18.2 Å². The summed E-state index contributed by atoms with van der Waals surface area (Å²) in [4.78, 5) is 24.4. The molecule has 5 nitrogen and oxygen atoms in total. The minimum atomic E-state index is -0.493. The first-order valence-electron chi connectivity index (χ1n) is 7.05. The van der Waals surface area contributed by atoms with E-state index < -0.39 is 4.92 Å². The summed E-state index contributed by atoms with van der Waals surface area (Å²) in [6.07, 6.45) is 3.89. The highest BCUT2D eigenvalue weighted by molar-refractivity contribution is 5.94. The van der Waals surface area contributed by atoms with Gasteiger partial charge in [0.05, 0.1) is 10.5 Å². The quantitative estimate of drug-likeness (QED) is 0.540. The van der Waals surface area contributed by atoms with Crippen molar-refractivity contribution in [1.29, 1.82) is 0 Å². The number of hydrogen-bond acceptors (Lipinski definition) is 3. The van der Waals surface area contributed by atoms with Crippen LogP contribution < -0.4 is 0 Å². The molecule has 0 unspecified atom stereocenters. The fourth-order valence-electron chi connectivity index (χ4n) is 1.87. The number of carbonyl (C=O) groups is 1. The van der Waals surface area contributed by atoms with Crippen LogP contribution in [-0.2, 0) is 0 Å². The zero-order valence-corrected chi connectivity index (χ0v) is 12.1. The summed E-state index contributed by atoms with van der Waals surface area (Å²) in [6.45, 7) is 5.52. The Morgan fingerprint density at radius 2 is 1.90 bits per heavy atom. The molecule has 0 aliphatic carbocycles. The van der Waals surface area contributed by atoms with Gasteiger partial charge in [-0.25, -0.2) is 0 Å². The van der Waals surface area contributed by atoms with Gasteiger partial charge in [0.1, 0.15) is 0 Å². The molecule has 1 rings (SSSR count). The predicted molar refractivity (Wildman–Crippen MR) is 77.7 cm³/mol. The lowest BCUT2D eigenvalue weighted by molar-refractivity contribution is -0.384. The number of nitrogens with zero attached hydrogens (tertiary/aromatic N) is 2. The molecular weight excluding hydrogens is 256 g/mol. The van der Waals surface area contributed by atoms with E-state index in [0.717, 1.165) is 25.7 Å². The number of amides is 1. The van der Waals surface area contributed by atoms with Crippen LogP contribution >= 0.6 is 0 Å². The molecule has 0 aliphatic heterocycles. The van der Waals surface area contributed by atoms with Crippen LogP contribution in [0.15, 0.2) is 18.2 Å². The fourth-order valence-corrected chi connectivity index (χ4v) is 1.87. The third kappa shape index (κ3) is 4.64. The Hall–Kier alpha value is -1.91. The lowest BCUT2D eigenvalue weighted by Gasteiger charge is -2.22. The molecule has 0 saturated carbocycles. The lowest BCUT2D eigenvalue weighted by atomic mass is 10.1. The summed E-state index contributed by atoms with van der Waals surface area (Å²) in [5.41, 5.74) is 0.199. The second-order valence-corrected chi connectivity index (χ2v) is 4.72. The molecule has 0 N–H and O–H groups in total. The van der Waals surface area contributed by atoms with Gasteiger partial charge in [0.25, 0.3) is 11.6 Å². The highest BCUT2D eigenvalue weighted by Crippen LogP contribution is 2.15. The Labute approximate surface area is 119 Å². The van der Waals surface area contributed by atoms with Crippen LogP contribution in [0, 0.1) is 16.2 Å². The van der Waals surface area contributed by atoms with Crippen LogP contribution in [0.3, 0.4) is 0 Å². The maximum Gasteiger partial charge on any atom is 0.270 e. The van der Waals surface area contributed by atoms with Crippen molar-refractivity contribution < 1.29 is 9.72 Å². The molecule has 0 atom stereocenters. The van der Waals surface area contributed by atoms with Crippen molar-refractivity contribution in [2.45, 2.75) is 39.5 Å². The zero-order chi connectivity index (χ0) is 15.0. The van der Waals surface area contributed by atoms with Crippen molar-refractivity contribution in [1.82, 2.24) is 4.90 Å². The maximum absolute atomic E-state index is 12.4. The second kappa shape index (κ2) is 8.30. The summed E-state index contributed by atoms with van der Waals surface area (Å²) in [6, 6.07) is 6.88. The number of hydrogen-bond donors (Lipinski definition) is 0. The van der Waals surface area contributed by atoms with Gasteiger partial charge in [-0.3, -0.25) is 14.9 Å². The van der Waals surface area contributed by atoms with Gasteiger partial charge < -0.3 is 4.90 Å². The molecule has 1 aromatic rings. The van der Waals surface area contributed by atoms with Crippen molar-refractivity contribution in [2.24, 2.45) is 0 Å². The molecule has 0 bridgehead atoms. The number of carbonyl (C=O) groups excluding carboxylic acids is 1. The molecule has 1 aromatic carbocycles. The minimum absolute atomic E-state index is 0.0713. The summed E-state index contributed by atoms with van der Waals surface area (Å²) in [5.74, 6) is -0.171. The minimum Gasteiger partial charge on any atom is -0.339 e. The standard InChI is InChI=1S/C15H21N2O3/c1-3-5-10-16(11-6-4-2)15(18)13-8-7-9-14(12-13)17(19)20/h7,9,12H,3-6,10-11H2,1-2H3. The predicted octanol–water partition coefficient (Wildman–Crippen LogP) is 3.44. The first-order valence-corrected chi connectivity index (χ1v) is 7.05. The van der Waals surface area contributed by atoms with Gasteiger partial charge in [-0.05, 0) is 25.0 Å². The molecule has 20 heavy (non-hydrogen) atoms. The highest BCUT2D eigenvalue weighted by Gasteiger charge is 2.17. The molecule has 109 valence electrons. The van der Waals surface area contributed by atoms with Crippen LogP contribution in [0.4, 0.5) is 5.69 Å². The second-order valence-electron chi connectivity index (χ2n) is 4.72. The Kier molecular flexibility index (Phi) is 6.70. The van der Waals surface area contributed by atoms with Gasteiger partial charge in [0.15, 0.2) is 0 Å². The molecule has 5 heteroatoms. The van der Waals surface area contributed by atoms with Crippen molar-refractivity contribution in [3.05, 3.63) is 39.9 Å². The number of non-ortho nitro benzene ring substituents is 1. The van der Waals surface area contributed by atoms with Crippen LogP contribution in [-0.4, -0.2) is 28.8 Å². The van der Waals surface area contributed by atoms with Crippen LogP contribution in [0.5, 0.6) is 0 Å². The summed E-state index contributed by atoms with van der Waals surface area (Å²) in [7, 11) is 0. The topological polar surface area (TPSA) is 63.5 Å². The van der Waals surface area contributed by atoms with E-state index in [1.807, 2.05) is 0 Å². The maximum atomic E-state index is 12.4. The smallest absolute Gasteiger partial charge is 0.270 e. The van der Waals surface area contributed by atoms with Gasteiger partial charge >= 0.3 is 0 Å². The molecule has 0 aromatic heterocycles. The van der Waals surface area contributed by atoms with Gasteiger partial charge in [-0.2, -0.15) is 0 Å². The van der Waals surface area contributed by atoms with Crippen LogP contribution in [0.2, 0.25) is 0 Å². The van der Waals surface area contributed by atoms with Crippen molar-refractivity contribution >= 4 is 11.6 Å². The highest BCUT2D eigenvalue weighted by atomic mass is 16.6. The monoisotopic (exact) mass is 277 g/mol. The summed E-state index contributed by atoms with van der Waals surface area (Å²) >= 11 is 0.